The maximum absolute atomic E-state index is 12.1. The van der Waals surface area contributed by atoms with Gasteiger partial charge in [-0.3, -0.25) is 14.4 Å². The molecule has 0 saturated carbocycles. The summed E-state index contributed by atoms with van der Waals surface area (Å²) in [7, 11) is 0. The zero-order valence-electron chi connectivity index (χ0n) is 13.0. The first-order valence-corrected chi connectivity index (χ1v) is 6.97. The van der Waals surface area contributed by atoms with Crippen LogP contribution < -0.4 is 22.1 Å². The zero-order valence-corrected chi connectivity index (χ0v) is 13.0. The Kier molecular flexibility index (Phi) is 8.10. The van der Waals surface area contributed by atoms with E-state index in [4.69, 9.17) is 16.6 Å². The van der Waals surface area contributed by atoms with E-state index >= 15 is 0 Å². The highest BCUT2D eigenvalue weighted by Gasteiger charge is 2.30. The highest BCUT2D eigenvalue weighted by molar-refractivity contribution is 5.94. The van der Waals surface area contributed by atoms with Crippen LogP contribution in [0.25, 0.3) is 0 Å². The quantitative estimate of drug-likeness (QED) is 0.340. The molecular formula is C13H24N4O5. The fourth-order valence-electron chi connectivity index (χ4n) is 1.65. The van der Waals surface area contributed by atoms with E-state index < -0.39 is 48.2 Å². The maximum atomic E-state index is 12.1. The predicted octanol–water partition coefficient (Wildman–Crippen LogP) is -1.69. The minimum Gasteiger partial charge on any atom is -0.480 e. The number of amides is 3. The lowest BCUT2D eigenvalue weighted by molar-refractivity contribution is -0.143. The van der Waals surface area contributed by atoms with Crippen molar-refractivity contribution >= 4 is 23.7 Å². The summed E-state index contributed by atoms with van der Waals surface area (Å²) in [5, 5.41) is 13.7. The van der Waals surface area contributed by atoms with Crippen molar-refractivity contribution in [1.82, 2.24) is 10.6 Å². The average molecular weight is 316 g/mol. The Morgan fingerprint density at radius 2 is 1.64 bits per heavy atom. The van der Waals surface area contributed by atoms with E-state index in [1.165, 1.54) is 6.92 Å². The Morgan fingerprint density at radius 1 is 1.09 bits per heavy atom. The summed E-state index contributed by atoms with van der Waals surface area (Å²) >= 11 is 0. The molecule has 0 radical (unpaired) electrons. The Hall–Kier alpha value is -2.16. The van der Waals surface area contributed by atoms with Crippen LogP contribution in [0.4, 0.5) is 0 Å². The summed E-state index contributed by atoms with van der Waals surface area (Å²) in [5.41, 5.74) is 10.4. The molecule has 0 heterocycles. The molecule has 0 aliphatic rings. The molecule has 0 aliphatic carbocycles. The van der Waals surface area contributed by atoms with Crippen LogP contribution >= 0.6 is 0 Å². The summed E-state index contributed by atoms with van der Waals surface area (Å²) in [6.07, 6.45) is 0.0844. The SMILES string of the molecule is CC[C@H](C)[C@H](NC(=O)[C@H](CC(N)=O)NC(=O)[C@H](C)N)C(=O)O. The third-order valence-corrected chi connectivity index (χ3v) is 3.23. The predicted molar refractivity (Wildman–Crippen MR) is 78.4 cm³/mol. The van der Waals surface area contributed by atoms with E-state index in [0.717, 1.165) is 0 Å². The fraction of sp³-hybridized carbons (Fsp3) is 0.692. The third kappa shape index (κ3) is 6.53. The van der Waals surface area contributed by atoms with Crippen LogP contribution in [-0.2, 0) is 19.2 Å². The van der Waals surface area contributed by atoms with E-state index in [0.29, 0.717) is 6.42 Å². The zero-order chi connectivity index (χ0) is 17.4. The van der Waals surface area contributed by atoms with Gasteiger partial charge in [0.1, 0.15) is 12.1 Å². The van der Waals surface area contributed by atoms with Crippen LogP contribution in [0.2, 0.25) is 0 Å². The number of nitrogens with one attached hydrogen (secondary N) is 2. The second kappa shape index (κ2) is 8.98. The fourth-order valence-corrected chi connectivity index (χ4v) is 1.65. The van der Waals surface area contributed by atoms with Gasteiger partial charge in [-0.15, -0.1) is 0 Å². The van der Waals surface area contributed by atoms with Gasteiger partial charge in [-0.2, -0.15) is 0 Å². The maximum Gasteiger partial charge on any atom is 0.326 e. The van der Waals surface area contributed by atoms with E-state index in [9.17, 15) is 19.2 Å². The van der Waals surface area contributed by atoms with Crippen LogP contribution in [-0.4, -0.2) is 46.9 Å². The molecule has 0 spiro atoms. The summed E-state index contributed by atoms with van der Waals surface area (Å²) < 4.78 is 0. The number of nitrogens with two attached hydrogens (primary N) is 2. The molecule has 0 aromatic heterocycles. The first-order chi connectivity index (χ1) is 10.1. The van der Waals surface area contributed by atoms with Gasteiger partial charge in [0.15, 0.2) is 0 Å². The van der Waals surface area contributed by atoms with Gasteiger partial charge in [0.2, 0.25) is 17.7 Å². The van der Waals surface area contributed by atoms with E-state index in [1.54, 1.807) is 13.8 Å². The Morgan fingerprint density at radius 3 is 2.00 bits per heavy atom. The van der Waals surface area contributed by atoms with Gasteiger partial charge in [-0.1, -0.05) is 20.3 Å². The molecule has 0 unspecified atom stereocenters. The number of carbonyl (C=O) groups excluding carboxylic acids is 3. The standard InChI is InChI=1S/C13H24N4O5/c1-4-6(2)10(13(21)22)17-12(20)8(5-9(15)18)16-11(19)7(3)14/h6-8,10H,4-5,14H2,1-3H3,(H2,15,18)(H,16,19)(H,17,20)(H,21,22)/t6-,7-,8-,10-/m0/s1. The molecule has 0 rings (SSSR count). The summed E-state index contributed by atoms with van der Waals surface area (Å²) in [6, 6.07) is -3.27. The van der Waals surface area contributed by atoms with Crippen molar-refractivity contribution in [3.63, 3.8) is 0 Å². The Balaban J connectivity index is 5.05. The number of aliphatic carboxylic acids is 1. The van der Waals surface area contributed by atoms with Crippen LogP contribution in [0.1, 0.15) is 33.6 Å². The number of hydrogen-bond acceptors (Lipinski definition) is 5. The van der Waals surface area contributed by atoms with Crippen molar-refractivity contribution < 1.29 is 24.3 Å². The number of primary amides is 1. The van der Waals surface area contributed by atoms with Crippen molar-refractivity contribution in [1.29, 1.82) is 0 Å². The smallest absolute Gasteiger partial charge is 0.326 e. The number of carboxylic acids is 1. The van der Waals surface area contributed by atoms with Crippen LogP contribution in [0.15, 0.2) is 0 Å². The lowest BCUT2D eigenvalue weighted by atomic mass is 9.98. The molecule has 22 heavy (non-hydrogen) atoms. The largest absolute Gasteiger partial charge is 0.480 e. The molecule has 0 aromatic rings. The lowest BCUT2D eigenvalue weighted by Crippen LogP contribution is -2.56. The van der Waals surface area contributed by atoms with Crippen molar-refractivity contribution in [3.05, 3.63) is 0 Å². The van der Waals surface area contributed by atoms with Crippen LogP contribution in [0.3, 0.4) is 0 Å². The van der Waals surface area contributed by atoms with Crippen LogP contribution in [0.5, 0.6) is 0 Å². The van der Waals surface area contributed by atoms with Gasteiger partial charge in [-0.05, 0) is 12.8 Å². The monoisotopic (exact) mass is 316 g/mol. The van der Waals surface area contributed by atoms with Crippen molar-refractivity contribution in [2.75, 3.05) is 0 Å². The number of carbonyl (C=O) groups is 4. The highest BCUT2D eigenvalue weighted by Crippen LogP contribution is 2.08. The second-order valence-electron chi connectivity index (χ2n) is 5.23. The molecule has 0 aliphatic heterocycles. The minimum atomic E-state index is -1.26. The average Bonchev–Trinajstić information content (AvgIpc) is 2.41. The summed E-state index contributed by atoms with van der Waals surface area (Å²) in [4.78, 5) is 45.9. The molecule has 0 fully saturated rings. The van der Waals surface area contributed by atoms with Gasteiger partial charge in [0.25, 0.3) is 0 Å². The molecule has 126 valence electrons. The summed E-state index contributed by atoms with van der Waals surface area (Å²) in [6.45, 7) is 4.86. The normalized spacial score (nSPS) is 16.0. The minimum absolute atomic E-state index is 0.320. The summed E-state index contributed by atoms with van der Waals surface area (Å²) in [5.74, 6) is -3.75. The van der Waals surface area contributed by atoms with Gasteiger partial charge in [0, 0.05) is 0 Å². The van der Waals surface area contributed by atoms with Gasteiger partial charge in [-0.25, -0.2) is 4.79 Å². The number of hydrogen-bond donors (Lipinski definition) is 5. The van der Waals surface area contributed by atoms with Crippen molar-refractivity contribution in [3.8, 4) is 0 Å². The molecule has 7 N–H and O–H groups in total. The lowest BCUT2D eigenvalue weighted by Gasteiger charge is -2.24. The first kappa shape index (κ1) is 19.8. The van der Waals surface area contributed by atoms with Gasteiger partial charge < -0.3 is 27.2 Å². The molecule has 9 nitrogen and oxygen atoms in total. The molecule has 3 amide bonds. The molecule has 4 atom stereocenters. The Bertz CT molecular complexity index is 438. The van der Waals surface area contributed by atoms with Crippen molar-refractivity contribution in [2.45, 2.75) is 51.7 Å². The van der Waals surface area contributed by atoms with E-state index in [2.05, 4.69) is 10.6 Å². The van der Waals surface area contributed by atoms with Crippen LogP contribution in [0, 0.1) is 5.92 Å². The van der Waals surface area contributed by atoms with E-state index in [1.807, 2.05) is 0 Å². The topological polar surface area (TPSA) is 165 Å². The second-order valence-corrected chi connectivity index (χ2v) is 5.23. The molecule has 0 bridgehead atoms. The third-order valence-electron chi connectivity index (χ3n) is 3.23. The first-order valence-electron chi connectivity index (χ1n) is 6.97. The van der Waals surface area contributed by atoms with Crippen molar-refractivity contribution in [2.24, 2.45) is 17.4 Å². The van der Waals surface area contributed by atoms with Gasteiger partial charge in [0.05, 0.1) is 12.5 Å². The highest BCUT2D eigenvalue weighted by atomic mass is 16.4. The molecular weight excluding hydrogens is 292 g/mol. The molecule has 9 heteroatoms. The molecule has 0 aromatic carbocycles. The number of carboxylic acid groups (broad SMARTS) is 1. The molecule has 0 saturated heterocycles. The Labute approximate surface area is 128 Å². The van der Waals surface area contributed by atoms with E-state index in [-0.39, 0.29) is 5.92 Å². The van der Waals surface area contributed by atoms with Gasteiger partial charge >= 0.3 is 5.97 Å². The number of rotatable bonds is 9.